The molecule has 0 bridgehead atoms. The molecule has 21 heavy (non-hydrogen) atoms. The quantitative estimate of drug-likeness (QED) is 0.613. The fourth-order valence-electron chi connectivity index (χ4n) is 2.25. The lowest BCUT2D eigenvalue weighted by atomic mass is 10.2. The van der Waals surface area contributed by atoms with Crippen LogP contribution in [0.5, 0.6) is 0 Å². The van der Waals surface area contributed by atoms with E-state index in [-0.39, 0.29) is 11.8 Å². The largest absolute Gasteiger partial charge is 0.450 e. The molecule has 7 nitrogen and oxygen atoms in total. The first-order valence-corrected chi connectivity index (χ1v) is 7.42. The predicted octanol–water partition coefficient (Wildman–Crippen LogP) is 2.64. The highest BCUT2D eigenvalue weighted by molar-refractivity contribution is 9.10. The minimum atomic E-state index is -0.391. The van der Waals surface area contributed by atoms with Gasteiger partial charge in [-0.2, -0.15) is 0 Å². The molecule has 1 amide bonds. The van der Waals surface area contributed by atoms with Gasteiger partial charge in [-0.3, -0.25) is 10.1 Å². The topological polar surface area (TPSA) is 75.9 Å². The first-order chi connectivity index (χ1) is 10.0. The van der Waals surface area contributed by atoms with Gasteiger partial charge in [0.05, 0.1) is 11.5 Å². The van der Waals surface area contributed by atoms with Crippen LogP contribution in [-0.4, -0.2) is 48.7 Å². The number of hydrogen-bond acceptors (Lipinski definition) is 5. The lowest BCUT2D eigenvalue weighted by Crippen LogP contribution is -2.49. The van der Waals surface area contributed by atoms with E-state index in [1.807, 2.05) is 4.90 Å². The number of nitrogens with zero attached hydrogens (tertiary/aromatic N) is 3. The molecule has 1 aliphatic heterocycles. The molecule has 0 radical (unpaired) electrons. The van der Waals surface area contributed by atoms with Crippen LogP contribution >= 0.6 is 15.9 Å². The van der Waals surface area contributed by atoms with Crippen LogP contribution in [0.2, 0.25) is 0 Å². The number of hydrogen-bond donors (Lipinski definition) is 0. The molecule has 1 aromatic rings. The number of anilines is 1. The van der Waals surface area contributed by atoms with Gasteiger partial charge in [0.2, 0.25) is 0 Å². The van der Waals surface area contributed by atoms with Crippen molar-refractivity contribution in [3.8, 4) is 0 Å². The molecule has 0 saturated carbocycles. The molecule has 1 aromatic carbocycles. The fraction of sp³-hybridized carbons (Fsp3) is 0.462. The molecular formula is C13H16BrN3O4. The molecule has 1 aliphatic rings. The Morgan fingerprint density at radius 1 is 1.38 bits per heavy atom. The zero-order chi connectivity index (χ0) is 15.4. The van der Waals surface area contributed by atoms with Crippen molar-refractivity contribution in [2.45, 2.75) is 6.92 Å². The number of carbonyl (C=O) groups is 1. The zero-order valence-electron chi connectivity index (χ0n) is 11.6. The summed E-state index contributed by atoms with van der Waals surface area (Å²) in [6, 6.07) is 5.00. The number of benzene rings is 1. The smallest absolute Gasteiger partial charge is 0.409 e. The molecule has 1 saturated heterocycles. The Hall–Kier alpha value is -1.83. The predicted molar refractivity (Wildman–Crippen MR) is 81.6 cm³/mol. The number of rotatable bonds is 3. The second kappa shape index (κ2) is 6.75. The molecule has 1 heterocycles. The van der Waals surface area contributed by atoms with E-state index >= 15 is 0 Å². The van der Waals surface area contributed by atoms with Gasteiger partial charge in [0.15, 0.2) is 0 Å². The Labute approximate surface area is 130 Å². The van der Waals surface area contributed by atoms with Crippen LogP contribution in [0.3, 0.4) is 0 Å². The minimum absolute atomic E-state index is 0.0639. The summed E-state index contributed by atoms with van der Waals surface area (Å²) < 4.78 is 5.62. The molecule has 114 valence electrons. The van der Waals surface area contributed by atoms with E-state index < -0.39 is 4.92 Å². The summed E-state index contributed by atoms with van der Waals surface area (Å²) in [7, 11) is 0. The van der Waals surface area contributed by atoms with E-state index in [1.165, 1.54) is 6.07 Å². The average Bonchev–Trinajstić information content (AvgIpc) is 2.47. The van der Waals surface area contributed by atoms with Crippen LogP contribution in [0.25, 0.3) is 0 Å². The van der Waals surface area contributed by atoms with Crippen LogP contribution in [0.15, 0.2) is 22.7 Å². The Morgan fingerprint density at radius 2 is 2.05 bits per heavy atom. The first kappa shape index (κ1) is 15.6. The van der Waals surface area contributed by atoms with Crippen molar-refractivity contribution in [3.63, 3.8) is 0 Å². The van der Waals surface area contributed by atoms with Gasteiger partial charge in [0, 0.05) is 36.7 Å². The number of halogens is 1. The average molecular weight is 358 g/mol. The Bertz CT molecular complexity index is 544. The van der Waals surface area contributed by atoms with Gasteiger partial charge in [-0.15, -0.1) is 0 Å². The number of ether oxygens (including phenoxy) is 1. The van der Waals surface area contributed by atoms with Crippen molar-refractivity contribution >= 4 is 33.4 Å². The summed E-state index contributed by atoms with van der Waals surface area (Å²) in [5.41, 5.74) is 0.640. The second-order valence-corrected chi connectivity index (χ2v) is 5.48. The molecule has 0 spiro atoms. The maximum atomic E-state index is 11.6. The van der Waals surface area contributed by atoms with Gasteiger partial charge >= 0.3 is 6.09 Å². The third-order valence-corrected chi connectivity index (χ3v) is 3.77. The van der Waals surface area contributed by atoms with Crippen LogP contribution < -0.4 is 4.90 Å². The maximum Gasteiger partial charge on any atom is 0.409 e. The van der Waals surface area contributed by atoms with Gasteiger partial charge < -0.3 is 14.5 Å². The molecule has 1 fully saturated rings. The molecule has 0 atom stereocenters. The van der Waals surface area contributed by atoms with Gasteiger partial charge in [-0.05, 0) is 19.1 Å². The normalized spacial score (nSPS) is 15.0. The zero-order valence-corrected chi connectivity index (χ0v) is 13.2. The van der Waals surface area contributed by atoms with Crippen molar-refractivity contribution in [2.75, 3.05) is 37.7 Å². The van der Waals surface area contributed by atoms with Gasteiger partial charge in [0.25, 0.3) is 5.69 Å². The van der Waals surface area contributed by atoms with E-state index in [2.05, 4.69) is 15.9 Å². The third kappa shape index (κ3) is 3.63. The molecule has 0 N–H and O–H groups in total. The van der Waals surface area contributed by atoms with Crippen molar-refractivity contribution in [3.05, 3.63) is 32.8 Å². The lowest BCUT2D eigenvalue weighted by molar-refractivity contribution is -0.384. The van der Waals surface area contributed by atoms with Crippen LogP contribution in [0.1, 0.15) is 6.92 Å². The second-order valence-electron chi connectivity index (χ2n) is 4.56. The van der Waals surface area contributed by atoms with Gasteiger partial charge in [0.1, 0.15) is 5.69 Å². The Balaban J connectivity index is 2.09. The first-order valence-electron chi connectivity index (χ1n) is 6.63. The summed E-state index contributed by atoms with van der Waals surface area (Å²) in [6.45, 7) is 4.18. The summed E-state index contributed by atoms with van der Waals surface area (Å²) >= 11 is 3.24. The summed E-state index contributed by atoms with van der Waals surface area (Å²) in [4.78, 5) is 25.9. The molecular weight excluding hydrogens is 342 g/mol. The molecule has 2 rings (SSSR count). The van der Waals surface area contributed by atoms with Crippen molar-refractivity contribution in [1.29, 1.82) is 0 Å². The monoisotopic (exact) mass is 357 g/mol. The van der Waals surface area contributed by atoms with Crippen molar-refractivity contribution in [1.82, 2.24) is 4.90 Å². The van der Waals surface area contributed by atoms with E-state index in [0.29, 0.717) is 42.9 Å². The molecule has 0 aliphatic carbocycles. The van der Waals surface area contributed by atoms with Gasteiger partial charge in [-0.1, -0.05) is 15.9 Å². The fourth-order valence-corrected chi connectivity index (χ4v) is 2.60. The molecule has 0 aromatic heterocycles. The van der Waals surface area contributed by atoms with Crippen LogP contribution in [0, 0.1) is 10.1 Å². The Kier molecular flexibility index (Phi) is 5.00. The summed E-state index contributed by atoms with van der Waals surface area (Å²) in [6.07, 6.45) is -0.331. The number of carbonyl (C=O) groups excluding carboxylic acids is 1. The highest BCUT2D eigenvalue weighted by Crippen LogP contribution is 2.31. The van der Waals surface area contributed by atoms with E-state index in [1.54, 1.807) is 24.0 Å². The highest BCUT2D eigenvalue weighted by Gasteiger charge is 2.26. The summed E-state index contributed by atoms with van der Waals surface area (Å²) in [5, 5.41) is 11.1. The van der Waals surface area contributed by atoms with E-state index in [9.17, 15) is 14.9 Å². The number of nitro benzene ring substituents is 1. The van der Waals surface area contributed by atoms with E-state index in [0.717, 1.165) is 0 Å². The Morgan fingerprint density at radius 3 is 2.62 bits per heavy atom. The van der Waals surface area contributed by atoms with Gasteiger partial charge in [-0.25, -0.2) is 4.79 Å². The number of piperazine rings is 1. The minimum Gasteiger partial charge on any atom is -0.450 e. The SMILES string of the molecule is CCOC(=O)N1CCN(c2ccc(Br)cc2[N+](=O)[O-])CC1. The standard InChI is InChI=1S/C13H16BrN3O4/c1-2-21-13(18)16-7-5-15(6-8-16)11-4-3-10(14)9-12(11)17(19)20/h3-4,9H,2,5-8H2,1H3. The summed E-state index contributed by atoms with van der Waals surface area (Å²) in [5.74, 6) is 0. The maximum absolute atomic E-state index is 11.6. The lowest BCUT2D eigenvalue weighted by Gasteiger charge is -2.35. The van der Waals surface area contributed by atoms with Crippen molar-refractivity contribution in [2.24, 2.45) is 0 Å². The van der Waals surface area contributed by atoms with Crippen molar-refractivity contribution < 1.29 is 14.5 Å². The highest BCUT2D eigenvalue weighted by atomic mass is 79.9. The molecule has 0 unspecified atom stereocenters. The number of nitro groups is 1. The third-order valence-electron chi connectivity index (χ3n) is 3.28. The van der Waals surface area contributed by atoms with Crippen LogP contribution in [0.4, 0.5) is 16.2 Å². The number of amides is 1. The van der Waals surface area contributed by atoms with Crippen LogP contribution in [-0.2, 0) is 4.74 Å². The molecule has 8 heteroatoms. The van der Waals surface area contributed by atoms with E-state index in [4.69, 9.17) is 4.74 Å².